The number of carbonyl (C=O) groups is 1. The van der Waals surface area contributed by atoms with Gasteiger partial charge < -0.3 is 10.6 Å². The summed E-state index contributed by atoms with van der Waals surface area (Å²) in [6.45, 7) is 3.08. The van der Waals surface area contributed by atoms with Crippen LogP contribution in [0.15, 0.2) is 12.3 Å². The first-order chi connectivity index (χ1) is 7.54. The molecule has 16 heavy (non-hydrogen) atoms. The first-order valence-electron chi connectivity index (χ1n) is 5.11. The van der Waals surface area contributed by atoms with Gasteiger partial charge in [-0.25, -0.2) is 0 Å². The molecule has 1 heterocycles. The summed E-state index contributed by atoms with van der Waals surface area (Å²) in [7, 11) is 1.78. The lowest BCUT2D eigenvalue weighted by Crippen LogP contribution is -2.33. The minimum atomic E-state index is -0.0839. The number of aryl methyl sites for hydroxylation is 1. The number of hydrogen-bond donors (Lipinski definition) is 1. The summed E-state index contributed by atoms with van der Waals surface area (Å²) in [5, 5.41) is 4.07. The molecule has 0 bridgehead atoms. The second-order valence-corrected chi connectivity index (χ2v) is 4.00. The smallest absolute Gasteiger partial charge is 0.274 e. The van der Waals surface area contributed by atoms with Gasteiger partial charge in [0.2, 0.25) is 0 Å². The van der Waals surface area contributed by atoms with Gasteiger partial charge in [0, 0.05) is 32.8 Å². The zero-order chi connectivity index (χ0) is 12.1. The summed E-state index contributed by atoms with van der Waals surface area (Å²) < 4.78 is 1.61. The standard InChI is InChI=1S/C10H16N4OS/c1-3-14(7-5-9(11)16)10(15)8-4-6-13(2)12-8/h4,6H,3,5,7H2,1-2H3,(H2,11,16). The van der Waals surface area contributed by atoms with E-state index < -0.39 is 0 Å². The maximum absolute atomic E-state index is 12.0. The van der Waals surface area contributed by atoms with Gasteiger partial charge in [-0.2, -0.15) is 5.10 Å². The van der Waals surface area contributed by atoms with Crippen LogP contribution in [0.1, 0.15) is 23.8 Å². The Kier molecular flexibility index (Phi) is 4.42. The van der Waals surface area contributed by atoms with Gasteiger partial charge in [0.1, 0.15) is 5.69 Å². The van der Waals surface area contributed by atoms with Gasteiger partial charge in [-0.15, -0.1) is 0 Å². The van der Waals surface area contributed by atoms with E-state index in [1.165, 1.54) is 0 Å². The number of hydrogen-bond acceptors (Lipinski definition) is 3. The Labute approximate surface area is 100 Å². The van der Waals surface area contributed by atoms with Crippen molar-refractivity contribution in [2.24, 2.45) is 12.8 Å². The van der Waals surface area contributed by atoms with Crippen LogP contribution in [0.3, 0.4) is 0 Å². The molecule has 0 fully saturated rings. The molecule has 0 aliphatic carbocycles. The number of nitrogens with zero attached hydrogens (tertiary/aromatic N) is 3. The maximum Gasteiger partial charge on any atom is 0.274 e. The van der Waals surface area contributed by atoms with Gasteiger partial charge in [0.05, 0.1) is 4.99 Å². The highest BCUT2D eigenvalue weighted by atomic mass is 32.1. The fourth-order valence-electron chi connectivity index (χ4n) is 1.34. The lowest BCUT2D eigenvalue weighted by atomic mass is 10.3. The Bertz CT molecular complexity index is 388. The first kappa shape index (κ1) is 12.6. The Morgan fingerprint density at radius 1 is 1.69 bits per heavy atom. The van der Waals surface area contributed by atoms with Crippen molar-refractivity contribution in [1.82, 2.24) is 14.7 Å². The SMILES string of the molecule is CCN(CCC(N)=S)C(=O)c1ccn(C)n1. The second-order valence-electron chi connectivity index (χ2n) is 3.48. The van der Waals surface area contributed by atoms with Crippen molar-refractivity contribution < 1.29 is 4.79 Å². The third-order valence-corrected chi connectivity index (χ3v) is 2.43. The summed E-state index contributed by atoms with van der Waals surface area (Å²) in [5.41, 5.74) is 5.86. The molecule has 0 aliphatic heterocycles. The molecule has 0 aliphatic rings. The molecule has 1 aromatic heterocycles. The maximum atomic E-state index is 12.0. The molecule has 0 atom stereocenters. The number of aromatic nitrogens is 2. The van der Waals surface area contributed by atoms with Crippen LogP contribution in [-0.2, 0) is 7.05 Å². The third-order valence-electron chi connectivity index (χ3n) is 2.23. The van der Waals surface area contributed by atoms with Gasteiger partial charge in [-0.1, -0.05) is 12.2 Å². The van der Waals surface area contributed by atoms with E-state index in [-0.39, 0.29) is 5.91 Å². The Balaban J connectivity index is 2.66. The fraction of sp³-hybridized carbons (Fsp3) is 0.500. The summed E-state index contributed by atoms with van der Waals surface area (Å²) in [6, 6.07) is 1.70. The molecule has 0 radical (unpaired) electrons. The van der Waals surface area contributed by atoms with Gasteiger partial charge in [-0.05, 0) is 13.0 Å². The molecular formula is C10H16N4OS. The van der Waals surface area contributed by atoms with Crippen LogP contribution < -0.4 is 5.73 Å². The highest BCUT2D eigenvalue weighted by Gasteiger charge is 2.16. The van der Waals surface area contributed by atoms with Crippen LogP contribution in [0, 0.1) is 0 Å². The van der Waals surface area contributed by atoms with Gasteiger partial charge >= 0.3 is 0 Å². The minimum Gasteiger partial charge on any atom is -0.393 e. The zero-order valence-corrected chi connectivity index (χ0v) is 10.3. The first-order valence-corrected chi connectivity index (χ1v) is 5.52. The molecular weight excluding hydrogens is 224 g/mol. The Morgan fingerprint density at radius 2 is 2.38 bits per heavy atom. The van der Waals surface area contributed by atoms with Crippen molar-refractivity contribution in [1.29, 1.82) is 0 Å². The van der Waals surface area contributed by atoms with Crippen LogP contribution in [0.25, 0.3) is 0 Å². The normalized spacial score (nSPS) is 10.1. The molecule has 5 nitrogen and oxygen atoms in total. The number of amides is 1. The quantitative estimate of drug-likeness (QED) is 0.764. The summed E-state index contributed by atoms with van der Waals surface area (Å²) >= 11 is 4.79. The largest absolute Gasteiger partial charge is 0.393 e. The zero-order valence-electron chi connectivity index (χ0n) is 9.51. The van der Waals surface area contributed by atoms with Gasteiger partial charge in [0.15, 0.2) is 0 Å². The molecule has 0 unspecified atom stereocenters. The molecule has 1 amide bonds. The van der Waals surface area contributed by atoms with Crippen LogP contribution in [0.5, 0.6) is 0 Å². The molecule has 6 heteroatoms. The molecule has 1 rings (SSSR count). The monoisotopic (exact) mass is 240 g/mol. The molecule has 1 aromatic rings. The average molecular weight is 240 g/mol. The third kappa shape index (κ3) is 3.30. The number of carbonyl (C=O) groups excluding carboxylic acids is 1. The molecule has 2 N–H and O–H groups in total. The van der Waals surface area contributed by atoms with E-state index in [0.717, 1.165) is 0 Å². The highest BCUT2D eigenvalue weighted by Crippen LogP contribution is 2.02. The lowest BCUT2D eigenvalue weighted by Gasteiger charge is -2.19. The van der Waals surface area contributed by atoms with E-state index in [1.54, 1.807) is 28.9 Å². The number of thiocarbonyl (C=S) groups is 1. The summed E-state index contributed by atoms with van der Waals surface area (Å²) in [4.78, 5) is 14.1. The van der Waals surface area contributed by atoms with Crippen molar-refractivity contribution in [3.63, 3.8) is 0 Å². The Morgan fingerprint density at radius 3 is 2.81 bits per heavy atom. The van der Waals surface area contributed by atoms with Gasteiger partial charge in [-0.3, -0.25) is 9.48 Å². The van der Waals surface area contributed by atoms with Crippen LogP contribution in [0.4, 0.5) is 0 Å². The minimum absolute atomic E-state index is 0.0839. The van der Waals surface area contributed by atoms with Crippen molar-refractivity contribution >= 4 is 23.1 Å². The van der Waals surface area contributed by atoms with E-state index in [4.69, 9.17) is 18.0 Å². The average Bonchev–Trinajstić information content (AvgIpc) is 2.65. The predicted octanol–water partition coefficient (Wildman–Crippen LogP) is 0.558. The highest BCUT2D eigenvalue weighted by molar-refractivity contribution is 7.80. The number of nitrogens with two attached hydrogens (primary N) is 1. The Hall–Kier alpha value is -1.43. The van der Waals surface area contributed by atoms with E-state index in [9.17, 15) is 4.79 Å². The van der Waals surface area contributed by atoms with Gasteiger partial charge in [0.25, 0.3) is 5.91 Å². The lowest BCUT2D eigenvalue weighted by molar-refractivity contribution is 0.0762. The van der Waals surface area contributed by atoms with Crippen LogP contribution >= 0.6 is 12.2 Å². The van der Waals surface area contributed by atoms with E-state index in [0.29, 0.717) is 30.2 Å². The molecule has 0 aromatic carbocycles. The van der Waals surface area contributed by atoms with Crippen molar-refractivity contribution in [3.8, 4) is 0 Å². The summed E-state index contributed by atoms with van der Waals surface area (Å²) in [5.74, 6) is -0.0839. The molecule has 88 valence electrons. The van der Waals surface area contributed by atoms with E-state index >= 15 is 0 Å². The van der Waals surface area contributed by atoms with E-state index in [1.807, 2.05) is 6.92 Å². The van der Waals surface area contributed by atoms with Crippen LogP contribution in [-0.4, -0.2) is 38.7 Å². The topological polar surface area (TPSA) is 64.2 Å². The molecule has 0 saturated carbocycles. The number of rotatable bonds is 5. The second kappa shape index (κ2) is 5.60. The van der Waals surface area contributed by atoms with Crippen LogP contribution in [0.2, 0.25) is 0 Å². The molecule has 0 spiro atoms. The van der Waals surface area contributed by atoms with E-state index in [2.05, 4.69) is 5.10 Å². The van der Waals surface area contributed by atoms with Crippen molar-refractivity contribution in [2.75, 3.05) is 13.1 Å². The molecule has 0 saturated heterocycles. The van der Waals surface area contributed by atoms with Crippen molar-refractivity contribution in [3.05, 3.63) is 18.0 Å². The summed E-state index contributed by atoms with van der Waals surface area (Å²) in [6.07, 6.45) is 2.29. The predicted molar refractivity (Wildman–Crippen MR) is 66.2 cm³/mol. The van der Waals surface area contributed by atoms with Crippen molar-refractivity contribution in [2.45, 2.75) is 13.3 Å². The fourth-order valence-corrected chi connectivity index (χ4v) is 1.43.